The Morgan fingerprint density at radius 3 is 2.62 bits per heavy atom. The summed E-state index contributed by atoms with van der Waals surface area (Å²) in [6.45, 7) is 0.191. The van der Waals surface area contributed by atoms with E-state index in [1.807, 2.05) is 0 Å². The lowest BCUT2D eigenvalue weighted by molar-refractivity contribution is -0.136. The van der Waals surface area contributed by atoms with Crippen molar-refractivity contribution < 1.29 is 31.9 Å². The third kappa shape index (κ3) is 5.49. The van der Waals surface area contributed by atoms with Crippen molar-refractivity contribution in [3.8, 4) is 5.75 Å². The van der Waals surface area contributed by atoms with Crippen LogP contribution in [0.4, 0.5) is 24.5 Å². The van der Waals surface area contributed by atoms with E-state index < -0.39 is 29.2 Å². The Kier molecular flexibility index (Phi) is 6.47. The Hall–Kier alpha value is -3.98. The van der Waals surface area contributed by atoms with E-state index in [4.69, 9.17) is 20.8 Å². The summed E-state index contributed by atoms with van der Waals surface area (Å²) < 4.78 is 51.3. The Morgan fingerprint density at radius 2 is 1.88 bits per heavy atom. The highest BCUT2D eigenvalue weighted by atomic mass is 35.5. The number of carbonyl (C=O) groups is 2. The van der Waals surface area contributed by atoms with Crippen LogP contribution in [0.5, 0.6) is 5.75 Å². The molecule has 2 heterocycles. The van der Waals surface area contributed by atoms with Crippen molar-refractivity contribution in [3.63, 3.8) is 0 Å². The van der Waals surface area contributed by atoms with Crippen LogP contribution in [0.25, 0.3) is 6.08 Å². The van der Waals surface area contributed by atoms with E-state index in [0.717, 1.165) is 23.8 Å². The Labute approximate surface area is 196 Å². The molecule has 6 nitrogen and oxygen atoms in total. The fourth-order valence-corrected chi connectivity index (χ4v) is 3.37. The number of furan rings is 1. The van der Waals surface area contributed by atoms with Crippen LogP contribution in [-0.4, -0.2) is 18.4 Å². The van der Waals surface area contributed by atoms with Crippen LogP contribution < -0.4 is 15.4 Å². The summed E-state index contributed by atoms with van der Waals surface area (Å²) in [4.78, 5) is 24.4. The summed E-state index contributed by atoms with van der Waals surface area (Å²) >= 11 is 5.97. The van der Waals surface area contributed by atoms with Gasteiger partial charge in [-0.2, -0.15) is 13.2 Å². The van der Waals surface area contributed by atoms with Gasteiger partial charge < -0.3 is 19.8 Å². The molecule has 0 saturated heterocycles. The van der Waals surface area contributed by atoms with Crippen LogP contribution in [0, 0.1) is 0 Å². The predicted molar refractivity (Wildman–Crippen MR) is 121 cm³/mol. The zero-order chi connectivity index (χ0) is 24.3. The minimum Gasteiger partial charge on any atom is -0.488 e. The molecule has 2 N–H and O–H groups in total. The summed E-state index contributed by atoms with van der Waals surface area (Å²) in [6.07, 6.45) is 0.820. The van der Waals surface area contributed by atoms with E-state index >= 15 is 0 Å². The average Bonchev–Trinajstić information content (AvgIpc) is 3.33. The number of benzene rings is 2. The monoisotopic (exact) mass is 488 g/mol. The van der Waals surface area contributed by atoms with Crippen LogP contribution >= 0.6 is 11.6 Å². The van der Waals surface area contributed by atoms with Crippen molar-refractivity contribution in [2.45, 2.75) is 6.18 Å². The summed E-state index contributed by atoms with van der Waals surface area (Å²) in [7, 11) is 0. The van der Waals surface area contributed by atoms with Gasteiger partial charge >= 0.3 is 6.18 Å². The molecule has 3 aromatic rings. The predicted octanol–water partition coefficient (Wildman–Crippen LogP) is 6.17. The molecule has 0 saturated carbocycles. The lowest BCUT2D eigenvalue weighted by atomic mass is 10.1. The van der Waals surface area contributed by atoms with E-state index in [2.05, 4.69) is 10.6 Å². The summed E-state index contributed by atoms with van der Waals surface area (Å²) in [6, 6.07) is 11.0. The molecule has 2 amide bonds. The van der Waals surface area contributed by atoms with Crippen LogP contribution in [0.15, 0.2) is 76.9 Å². The van der Waals surface area contributed by atoms with Gasteiger partial charge in [-0.15, -0.1) is 0 Å². The van der Waals surface area contributed by atoms with Crippen LogP contribution in [0.1, 0.15) is 21.7 Å². The van der Waals surface area contributed by atoms with Crippen molar-refractivity contribution in [2.24, 2.45) is 0 Å². The van der Waals surface area contributed by atoms with Crippen molar-refractivity contribution in [2.75, 3.05) is 17.2 Å². The molecule has 0 radical (unpaired) electrons. The smallest absolute Gasteiger partial charge is 0.418 e. The first-order valence-electron chi connectivity index (χ1n) is 9.87. The van der Waals surface area contributed by atoms with Crippen molar-refractivity contribution >= 4 is 40.9 Å². The van der Waals surface area contributed by atoms with Crippen molar-refractivity contribution in [1.82, 2.24) is 0 Å². The molecule has 10 heteroatoms. The van der Waals surface area contributed by atoms with Gasteiger partial charge in [0.15, 0.2) is 5.76 Å². The first-order valence-corrected chi connectivity index (χ1v) is 10.2. The summed E-state index contributed by atoms with van der Waals surface area (Å²) in [5.74, 6) is -0.888. The number of halogens is 4. The first kappa shape index (κ1) is 23.2. The van der Waals surface area contributed by atoms with E-state index in [0.29, 0.717) is 16.3 Å². The molecule has 2 aromatic carbocycles. The molecule has 0 bridgehead atoms. The molecular formula is C24H16ClF3N2O4. The second kappa shape index (κ2) is 9.48. The van der Waals surface area contributed by atoms with Gasteiger partial charge in [0.05, 0.1) is 17.5 Å². The fourth-order valence-electron chi connectivity index (χ4n) is 3.19. The fraction of sp³-hybridized carbons (Fsp3) is 0.0833. The van der Waals surface area contributed by atoms with Gasteiger partial charge in [0.2, 0.25) is 5.91 Å². The maximum Gasteiger partial charge on any atom is 0.418 e. The zero-order valence-electron chi connectivity index (χ0n) is 17.3. The van der Waals surface area contributed by atoms with Gasteiger partial charge in [0.25, 0.3) is 5.91 Å². The number of amides is 2. The Bertz CT molecular complexity index is 1300. The number of rotatable bonds is 5. The molecule has 0 atom stereocenters. The van der Waals surface area contributed by atoms with Crippen LogP contribution in [0.3, 0.4) is 0 Å². The number of hydrogen-bond donors (Lipinski definition) is 2. The normalized spacial score (nSPS) is 13.1. The second-order valence-electron chi connectivity index (χ2n) is 7.20. The van der Waals surface area contributed by atoms with Crippen molar-refractivity contribution in [3.05, 3.63) is 94.4 Å². The minimum atomic E-state index is -4.78. The number of nitrogens with one attached hydrogen (secondary N) is 2. The van der Waals surface area contributed by atoms with Gasteiger partial charge in [-0.3, -0.25) is 9.59 Å². The Morgan fingerprint density at radius 1 is 1.06 bits per heavy atom. The quantitative estimate of drug-likeness (QED) is 0.421. The summed E-state index contributed by atoms with van der Waals surface area (Å²) in [5, 5.41) is 5.07. The number of anilines is 2. The van der Waals surface area contributed by atoms with Gasteiger partial charge in [0.1, 0.15) is 12.4 Å². The highest BCUT2D eigenvalue weighted by molar-refractivity contribution is 6.30. The topological polar surface area (TPSA) is 80.6 Å². The third-order valence-electron chi connectivity index (χ3n) is 4.74. The molecule has 1 aliphatic rings. The zero-order valence-corrected chi connectivity index (χ0v) is 18.0. The number of ether oxygens (including phenoxy) is 1. The van der Waals surface area contributed by atoms with Crippen LogP contribution in [0.2, 0.25) is 5.02 Å². The minimum absolute atomic E-state index is 0.0537. The number of alkyl halides is 3. The summed E-state index contributed by atoms with van der Waals surface area (Å²) in [5.41, 5.74) is -0.314. The van der Waals surface area contributed by atoms with E-state index in [1.54, 1.807) is 24.3 Å². The number of hydrogen-bond acceptors (Lipinski definition) is 4. The average molecular weight is 489 g/mol. The van der Waals surface area contributed by atoms with Gasteiger partial charge in [0, 0.05) is 22.3 Å². The molecule has 34 heavy (non-hydrogen) atoms. The maximum atomic E-state index is 13.6. The molecule has 4 rings (SSSR count). The molecule has 0 fully saturated rings. The number of carbonyl (C=O) groups excluding carboxylic acids is 2. The molecule has 0 spiro atoms. The molecule has 174 valence electrons. The van der Waals surface area contributed by atoms with E-state index in [1.165, 1.54) is 30.5 Å². The third-order valence-corrected chi connectivity index (χ3v) is 4.98. The van der Waals surface area contributed by atoms with Crippen LogP contribution in [-0.2, 0) is 11.0 Å². The second-order valence-corrected chi connectivity index (χ2v) is 7.64. The Balaban J connectivity index is 1.49. The molecule has 1 aromatic heterocycles. The standard InChI is InChI=1S/C24H16ClF3N2O4/c25-16-4-7-20-15(11-16)10-14(13-34-20)3-8-22(31)30-19-6-5-17(12-18(19)24(26,27)28)29-23(32)21-2-1-9-33-21/h1-12H,13H2,(H,29,32)(H,30,31)/b8-3+. The highest BCUT2D eigenvalue weighted by Crippen LogP contribution is 2.37. The van der Waals surface area contributed by atoms with E-state index in [-0.39, 0.29) is 18.1 Å². The van der Waals surface area contributed by atoms with Crippen molar-refractivity contribution in [1.29, 1.82) is 0 Å². The highest BCUT2D eigenvalue weighted by Gasteiger charge is 2.34. The van der Waals surface area contributed by atoms with E-state index in [9.17, 15) is 22.8 Å². The maximum absolute atomic E-state index is 13.6. The molecule has 0 aliphatic carbocycles. The van der Waals surface area contributed by atoms with Gasteiger partial charge in [-0.25, -0.2) is 0 Å². The molecular weight excluding hydrogens is 473 g/mol. The molecule has 0 unspecified atom stereocenters. The largest absolute Gasteiger partial charge is 0.488 e. The SMILES string of the molecule is O=C(/C=C/C1=Cc2cc(Cl)ccc2OC1)Nc1ccc(NC(=O)c2ccco2)cc1C(F)(F)F. The van der Waals surface area contributed by atoms with Gasteiger partial charge in [-0.05, 0) is 60.2 Å². The lowest BCUT2D eigenvalue weighted by Gasteiger charge is -2.16. The first-order chi connectivity index (χ1) is 16.2. The molecule has 1 aliphatic heterocycles. The van der Waals surface area contributed by atoms with Gasteiger partial charge in [-0.1, -0.05) is 17.7 Å². The lowest BCUT2D eigenvalue weighted by Crippen LogP contribution is -2.17. The number of fused-ring (bicyclic) bond motifs is 1.